The number of nitrogens with zero attached hydrogens (tertiary/aromatic N) is 1. The molecule has 0 spiro atoms. The number of rotatable bonds is 1. The molecular weight excluding hydrogens is 182 g/mol. The minimum atomic E-state index is 0.414. The van der Waals surface area contributed by atoms with Crippen LogP contribution in [0.2, 0.25) is 0 Å². The van der Waals surface area contributed by atoms with Gasteiger partial charge in [0.05, 0.1) is 6.07 Å². The van der Waals surface area contributed by atoms with E-state index in [4.69, 9.17) is 5.26 Å². The fourth-order valence-corrected chi connectivity index (χ4v) is 6.05. The zero-order valence-corrected chi connectivity index (χ0v) is 9.97. The highest BCUT2D eigenvalue weighted by atomic mass is 14.6. The standard InChI is InChI=1S/C14H21N/c1-12-5-11-6-13(2,8-12)10-14(7-11,9-12)3-4-15/h11H,3,5-10H2,1-2H3. The molecule has 15 heavy (non-hydrogen) atoms. The largest absolute Gasteiger partial charge is 0.198 e. The van der Waals surface area contributed by atoms with Crippen LogP contribution in [0.15, 0.2) is 0 Å². The summed E-state index contributed by atoms with van der Waals surface area (Å²) in [6, 6.07) is 2.46. The highest BCUT2D eigenvalue weighted by Gasteiger charge is 2.59. The van der Waals surface area contributed by atoms with Crippen LogP contribution in [0.25, 0.3) is 0 Å². The second-order valence-corrected chi connectivity index (χ2v) is 7.46. The summed E-state index contributed by atoms with van der Waals surface area (Å²) >= 11 is 0. The van der Waals surface area contributed by atoms with Crippen molar-refractivity contribution in [3.63, 3.8) is 0 Å². The predicted octanol–water partition coefficient (Wildman–Crippen LogP) is 3.90. The minimum Gasteiger partial charge on any atom is -0.198 e. The quantitative estimate of drug-likeness (QED) is 0.634. The van der Waals surface area contributed by atoms with Crippen LogP contribution in [0, 0.1) is 33.5 Å². The van der Waals surface area contributed by atoms with Crippen LogP contribution in [-0.4, -0.2) is 0 Å². The highest BCUT2D eigenvalue weighted by molar-refractivity contribution is 5.11. The van der Waals surface area contributed by atoms with Crippen LogP contribution in [-0.2, 0) is 0 Å². The maximum Gasteiger partial charge on any atom is 0.0627 e. The average Bonchev–Trinajstić information content (AvgIpc) is 1.94. The van der Waals surface area contributed by atoms with Crippen LogP contribution >= 0.6 is 0 Å². The van der Waals surface area contributed by atoms with E-state index in [2.05, 4.69) is 19.9 Å². The van der Waals surface area contributed by atoms with E-state index in [0.29, 0.717) is 16.2 Å². The smallest absolute Gasteiger partial charge is 0.0627 e. The van der Waals surface area contributed by atoms with Gasteiger partial charge in [0, 0.05) is 6.42 Å². The molecular formula is C14H21N. The van der Waals surface area contributed by atoms with E-state index >= 15 is 0 Å². The van der Waals surface area contributed by atoms with Gasteiger partial charge in [-0.1, -0.05) is 13.8 Å². The molecule has 0 heterocycles. The second kappa shape index (κ2) is 2.59. The fourth-order valence-electron chi connectivity index (χ4n) is 6.05. The fraction of sp³-hybridized carbons (Fsp3) is 0.929. The van der Waals surface area contributed by atoms with Gasteiger partial charge in [0.15, 0.2) is 0 Å². The molecule has 4 bridgehead atoms. The van der Waals surface area contributed by atoms with Crippen LogP contribution in [0.5, 0.6) is 0 Å². The summed E-state index contributed by atoms with van der Waals surface area (Å²) in [6.45, 7) is 4.95. The van der Waals surface area contributed by atoms with Crippen molar-refractivity contribution < 1.29 is 0 Å². The molecule has 82 valence electrons. The van der Waals surface area contributed by atoms with Gasteiger partial charge in [-0.15, -0.1) is 0 Å². The minimum absolute atomic E-state index is 0.414. The first-order valence-corrected chi connectivity index (χ1v) is 6.34. The first-order valence-electron chi connectivity index (χ1n) is 6.34. The van der Waals surface area contributed by atoms with E-state index in [1.165, 1.54) is 38.5 Å². The SMILES string of the molecule is CC12CC3CC(C)(C1)CC(CC#N)(C3)C2. The molecule has 1 heteroatoms. The second-order valence-electron chi connectivity index (χ2n) is 7.46. The molecule has 0 saturated heterocycles. The maximum atomic E-state index is 9.04. The summed E-state index contributed by atoms with van der Waals surface area (Å²) in [5, 5.41) is 9.04. The van der Waals surface area contributed by atoms with Gasteiger partial charge in [0.2, 0.25) is 0 Å². The van der Waals surface area contributed by atoms with Crippen molar-refractivity contribution >= 4 is 0 Å². The lowest BCUT2D eigenvalue weighted by Gasteiger charge is -2.65. The lowest BCUT2D eigenvalue weighted by molar-refractivity contribution is -0.142. The zero-order chi connectivity index (χ0) is 10.7. The van der Waals surface area contributed by atoms with Crippen LogP contribution in [0.3, 0.4) is 0 Å². The molecule has 0 radical (unpaired) electrons. The van der Waals surface area contributed by atoms with E-state index in [-0.39, 0.29) is 0 Å². The third-order valence-corrected chi connectivity index (χ3v) is 5.20. The summed E-state index contributed by atoms with van der Waals surface area (Å²) in [4.78, 5) is 0. The third-order valence-electron chi connectivity index (χ3n) is 5.20. The average molecular weight is 203 g/mol. The lowest BCUT2D eigenvalue weighted by atomic mass is 9.40. The van der Waals surface area contributed by atoms with Gasteiger partial charge in [0.1, 0.15) is 0 Å². The van der Waals surface area contributed by atoms with Gasteiger partial charge in [-0.3, -0.25) is 0 Å². The first kappa shape index (κ1) is 9.70. The summed E-state index contributed by atoms with van der Waals surface area (Å²) in [7, 11) is 0. The Morgan fingerprint density at radius 1 is 1.07 bits per heavy atom. The predicted molar refractivity (Wildman–Crippen MR) is 60.1 cm³/mol. The van der Waals surface area contributed by atoms with Crippen molar-refractivity contribution in [2.75, 3.05) is 0 Å². The zero-order valence-electron chi connectivity index (χ0n) is 9.97. The molecule has 2 unspecified atom stereocenters. The molecule has 4 aliphatic carbocycles. The number of hydrogen-bond acceptors (Lipinski definition) is 1. The molecule has 0 amide bonds. The molecule has 0 aromatic heterocycles. The molecule has 0 aliphatic heterocycles. The maximum absolute atomic E-state index is 9.04. The van der Waals surface area contributed by atoms with Crippen molar-refractivity contribution in [3.05, 3.63) is 0 Å². The van der Waals surface area contributed by atoms with Gasteiger partial charge in [-0.05, 0) is 60.7 Å². The summed E-state index contributed by atoms with van der Waals surface area (Å²) < 4.78 is 0. The van der Waals surface area contributed by atoms with Gasteiger partial charge in [-0.2, -0.15) is 5.26 Å². The van der Waals surface area contributed by atoms with Crippen molar-refractivity contribution in [1.29, 1.82) is 5.26 Å². The Balaban J connectivity index is 1.99. The van der Waals surface area contributed by atoms with Gasteiger partial charge in [-0.25, -0.2) is 0 Å². The Bertz CT molecular complexity index is 320. The van der Waals surface area contributed by atoms with E-state index < -0.39 is 0 Å². The van der Waals surface area contributed by atoms with E-state index in [1.807, 2.05) is 0 Å². The monoisotopic (exact) mass is 203 g/mol. The van der Waals surface area contributed by atoms with Gasteiger partial charge >= 0.3 is 0 Å². The number of nitriles is 1. The summed E-state index contributed by atoms with van der Waals surface area (Å²) in [6.07, 6.45) is 9.13. The highest BCUT2D eigenvalue weighted by Crippen LogP contribution is 2.70. The summed E-state index contributed by atoms with van der Waals surface area (Å²) in [5.74, 6) is 0.935. The molecule has 4 fully saturated rings. The van der Waals surface area contributed by atoms with Crippen molar-refractivity contribution in [2.24, 2.45) is 22.2 Å². The Hall–Kier alpha value is -0.510. The molecule has 4 saturated carbocycles. The number of hydrogen-bond donors (Lipinski definition) is 0. The molecule has 0 aromatic rings. The van der Waals surface area contributed by atoms with Crippen molar-refractivity contribution in [1.82, 2.24) is 0 Å². The normalized spacial score (nSPS) is 56.7. The molecule has 1 nitrogen and oxygen atoms in total. The third kappa shape index (κ3) is 1.34. The van der Waals surface area contributed by atoms with Gasteiger partial charge in [0.25, 0.3) is 0 Å². The van der Waals surface area contributed by atoms with Crippen LogP contribution < -0.4 is 0 Å². The topological polar surface area (TPSA) is 23.8 Å². The Kier molecular flexibility index (Phi) is 1.68. The molecule has 4 rings (SSSR count). The van der Waals surface area contributed by atoms with E-state index in [0.717, 1.165) is 12.3 Å². The lowest BCUT2D eigenvalue weighted by Crippen LogP contribution is -2.54. The molecule has 0 aromatic carbocycles. The molecule has 2 atom stereocenters. The molecule has 0 N–H and O–H groups in total. The van der Waals surface area contributed by atoms with Gasteiger partial charge < -0.3 is 0 Å². The van der Waals surface area contributed by atoms with Crippen LogP contribution in [0.1, 0.15) is 58.8 Å². The first-order chi connectivity index (χ1) is 6.97. The van der Waals surface area contributed by atoms with Crippen LogP contribution in [0.4, 0.5) is 0 Å². The van der Waals surface area contributed by atoms with Crippen molar-refractivity contribution in [3.8, 4) is 6.07 Å². The molecule has 4 aliphatic rings. The van der Waals surface area contributed by atoms with Crippen molar-refractivity contribution in [2.45, 2.75) is 58.8 Å². The Labute approximate surface area is 92.9 Å². The van der Waals surface area contributed by atoms with E-state index in [1.54, 1.807) is 0 Å². The summed E-state index contributed by atoms with van der Waals surface area (Å²) in [5.41, 5.74) is 1.56. The van der Waals surface area contributed by atoms with E-state index in [9.17, 15) is 0 Å². The Morgan fingerprint density at radius 3 is 2.13 bits per heavy atom. The Morgan fingerprint density at radius 2 is 1.67 bits per heavy atom.